The second-order valence-corrected chi connectivity index (χ2v) is 7.75. The highest BCUT2D eigenvalue weighted by Gasteiger charge is 2.23. The summed E-state index contributed by atoms with van der Waals surface area (Å²) in [6.45, 7) is -0.0593. The summed E-state index contributed by atoms with van der Waals surface area (Å²) in [4.78, 5) is 28.9. The van der Waals surface area contributed by atoms with Gasteiger partial charge in [0.25, 0.3) is 11.8 Å². The van der Waals surface area contributed by atoms with Gasteiger partial charge in [-0.25, -0.2) is 5.43 Å². The summed E-state index contributed by atoms with van der Waals surface area (Å²) in [7, 11) is 0. The second-order valence-electron chi connectivity index (χ2n) is 7.75. The molecule has 4 aromatic rings. The first-order chi connectivity index (χ1) is 16.0. The lowest BCUT2D eigenvalue weighted by Gasteiger charge is -2.13. The van der Waals surface area contributed by atoms with Crippen LogP contribution in [0.15, 0.2) is 71.8 Å². The monoisotopic (exact) mass is 440 g/mol. The lowest BCUT2D eigenvalue weighted by molar-refractivity contribution is 0.0916. The number of nitrogens with zero attached hydrogens (tertiary/aromatic N) is 1. The van der Waals surface area contributed by atoms with E-state index in [9.17, 15) is 19.8 Å². The Morgan fingerprint density at radius 2 is 1.88 bits per heavy atom. The maximum Gasteiger partial charge on any atom is 0.272 e. The van der Waals surface area contributed by atoms with Crippen molar-refractivity contribution in [1.82, 2.24) is 15.7 Å². The molecular formula is C25H20N4O4. The number of H-pyrrole nitrogens is 1. The molecule has 5 N–H and O–H groups in total. The highest BCUT2D eigenvalue weighted by molar-refractivity contribution is 6.18. The van der Waals surface area contributed by atoms with Crippen LogP contribution < -0.4 is 10.7 Å². The Labute approximate surface area is 188 Å². The fourth-order valence-corrected chi connectivity index (χ4v) is 3.99. The number of hydrogen-bond acceptors (Lipinski definition) is 5. The number of aromatic hydroxyl groups is 1. The number of hydrazone groups is 1. The number of aromatic amines is 1. The Hall–Kier alpha value is -4.43. The van der Waals surface area contributed by atoms with Gasteiger partial charge in [0, 0.05) is 28.6 Å². The number of rotatable bonds is 5. The van der Waals surface area contributed by atoms with Gasteiger partial charge in [-0.15, -0.1) is 0 Å². The summed E-state index contributed by atoms with van der Waals surface area (Å²) in [6.07, 6.45) is 0.603. The van der Waals surface area contributed by atoms with Crippen LogP contribution in [0.1, 0.15) is 37.9 Å². The molecule has 0 saturated heterocycles. The van der Waals surface area contributed by atoms with Crippen LogP contribution in [0.3, 0.4) is 0 Å². The predicted octanol–water partition coefficient (Wildman–Crippen LogP) is 3.08. The molecule has 164 valence electrons. The van der Waals surface area contributed by atoms with E-state index in [2.05, 4.69) is 20.8 Å². The molecule has 0 radical (unpaired) electrons. The number of carbonyl (C=O) groups excluding carboxylic acids is 2. The lowest BCUT2D eigenvalue weighted by Crippen LogP contribution is -2.28. The van der Waals surface area contributed by atoms with Crippen LogP contribution in [0.25, 0.3) is 22.2 Å². The first-order valence-corrected chi connectivity index (χ1v) is 10.3. The van der Waals surface area contributed by atoms with Crippen molar-refractivity contribution >= 4 is 28.9 Å². The zero-order valence-electron chi connectivity index (χ0n) is 17.4. The number of phenols is 1. The highest BCUT2D eigenvalue weighted by Crippen LogP contribution is 2.33. The summed E-state index contributed by atoms with van der Waals surface area (Å²) in [6, 6.07) is 19.1. The SMILES string of the molecule is O=C(NCC(O)c1cccc(O)c1)c1cc2c3c(c(-c4ccccc4)[nH]c3c1)C=NNC2=O. The Balaban J connectivity index is 1.49. The van der Waals surface area contributed by atoms with Crippen molar-refractivity contribution in [3.63, 3.8) is 0 Å². The predicted molar refractivity (Wildman–Crippen MR) is 124 cm³/mol. The van der Waals surface area contributed by atoms with Crippen molar-refractivity contribution in [3.8, 4) is 17.0 Å². The Morgan fingerprint density at radius 1 is 1.06 bits per heavy atom. The molecule has 8 heteroatoms. The van der Waals surface area contributed by atoms with Crippen molar-refractivity contribution in [1.29, 1.82) is 0 Å². The first-order valence-electron chi connectivity index (χ1n) is 10.3. The van der Waals surface area contributed by atoms with Gasteiger partial charge < -0.3 is 20.5 Å². The zero-order valence-corrected chi connectivity index (χ0v) is 17.4. The molecule has 0 saturated carbocycles. The molecule has 2 amide bonds. The summed E-state index contributed by atoms with van der Waals surface area (Å²) in [5, 5.41) is 27.3. The van der Waals surface area contributed by atoms with Gasteiger partial charge in [-0.3, -0.25) is 9.59 Å². The lowest BCUT2D eigenvalue weighted by atomic mass is 10.00. The van der Waals surface area contributed by atoms with Gasteiger partial charge in [0.05, 0.1) is 23.6 Å². The van der Waals surface area contributed by atoms with Crippen molar-refractivity contribution in [3.05, 3.63) is 89.0 Å². The smallest absolute Gasteiger partial charge is 0.272 e. The van der Waals surface area contributed by atoms with Crippen molar-refractivity contribution < 1.29 is 19.8 Å². The summed E-state index contributed by atoms with van der Waals surface area (Å²) < 4.78 is 0. The molecule has 0 aliphatic carbocycles. The van der Waals surface area contributed by atoms with Crippen LogP contribution in [0.2, 0.25) is 0 Å². The third-order valence-electron chi connectivity index (χ3n) is 5.58. The molecule has 1 unspecified atom stereocenters. The molecule has 33 heavy (non-hydrogen) atoms. The minimum absolute atomic E-state index is 0.0310. The van der Waals surface area contributed by atoms with Crippen LogP contribution in [0.4, 0.5) is 0 Å². The number of benzene rings is 3. The summed E-state index contributed by atoms with van der Waals surface area (Å²) >= 11 is 0. The van der Waals surface area contributed by atoms with E-state index in [1.165, 1.54) is 18.2 Å². The van der Waals surface area contributed by atoms with E-state index in [1.807, 2.05) is 30.3 Å². The van der Waals surface area contributed by atoms with E-state index >= 15 is 0 Å². The summed E-state index contributed by atoms with van der Waals surface area (Å²) in [5.41, 5.74) is 6.67. The number of aliphatic hydroxyl groups is 1. The Bertz CT molecular complexity index is 1410. The van der Waals surface area contributed by atoms with E-state index in [-0.39, 0.29) is 17.9 Å². The normalized spacial score (nSPS) is 13.4. The average molecular weight is 440 g/mol. The number of nitrogens with one attached hydrogen (secondary N) is 3. The molecule has 1 aliphatic rings. The number of carbonyl (C=O) groups is 2. The van der Waals surface area contributed by atoms with Crippen LogP contribution in [0, 0.1) is 0 Å². The van der Waals surface area contributed by atoms with Crippen LogP contribution >= 0.6 is 0 Å². The third kappa shape index (κ3) is 3.83. The fourth-order valence-electron chi connectivity index (χ4n) is 3.99. The Kier molecular flexibility index (Phi) is 5.12. The highest BCUT2D eigenvalue weighted by atomic mass is 16.3. The molecule has 1 atom stereocenters. The van der Waals surface area contributed by atoms with Gasteiger partial charge in [-0.1, -0.05) is 42.5 Å². The van der Waals surface area contributed by atoms with Gasteiger partial charge in [-0.2, -0.15) is 5.10 Å². The molecule has 0 fully saturated rings. The zero-order chi connectivity index (χ0) is 22.9. The first kappa shape index (κ1) is 20.5. The molecule has 5 rings (SSSR count). The second kappa shape index (κ2) is 8.25. The standard InChI is InChI=1S/C25H20N4O4/c30-17-8-4-7-15(9-17)21(31)13-26-24(32)16-10-18-22-19(12-27-29-25(18)33)23(28-20(22)11-16)14-5-2-1-3-6-14/h1-12,21,28,30-31H,13H2,(H,26,32)(H,29,33). The minimum atomic E-state index is -0.996. The van der Waals surface area contributed by atoms with E-state index in [1.54, 1.807) is 24.4 Å². The number of amides is 2. The van der Waals surface area contributed by atoms with E-state index in [0.29, 0.717) is 22.0 Å². The van der Waals surface area contributed by atoms with E-state index in [4.69, 9.17) is 0 Å². The maximum absolute atomic E-state index is 12.9. The number of phenolic OH excluding ortho intramolecular Hbond substituents is 1. The van der Waals surface area contributed by atoms with Gasteiger partial charge in [-0.05, 0) is 35.4 Å². The molecule has 0 spiro atoms. The van der Waals surface area contributed by atoms with Crippen molar-refractivity contribution in [2.24, 2.45) is 5.10 Å². The van der Waals surface area contributed by atoms with E-state index < -0.39 is 17.9 Å². The van der Waals surface area contributed by atoms with E-state index in [0.717, 1.165) is 16.8 Å². The van der Waals surface area contributed by atoms with Crippen molar-refractivity contribution in [2.75, 3.05) is 6.54 Å². The third-order valence-corrected chi connectivity index (χ3v) is 5.58. The van der Waals surface area contributed by atoms with Gasteiger partial charge in [0.2, 0.25) is 0 Å². The number of aliphatic hydroxyl groups excluding tert-OH is 1. The van der Waals surface area contributed by atoms with Gasteiger partial charge in [0.15, 0.2) is 0 Å². The minimum Gasteiger partial charge on any atom is -0.508 e. The quantitative estimate of drug-likeness (QED) is 0.327. The average Bonchev–Trinajstić information content (AvgIpc) is 3.11. The van der Waals surface area contributed by atoms with Crippen LogP contribution in [0.5, 0.6) is 5.75 Å². The molecule has 2 heterocycles. The molecule has 0 bridgehead atoms. The maximum atomic E-state index is 12.9. The van der Waals surface area contributed by atoms with Crippen LogP contribution in [-0.4, -0.2) is 39.8 Å². The summed E-state index contributed by atoms with van der Waals surface area (Å²) in [5.74, 6) is -0.825. The molecule has 3 aromatic carbocycles. The Morgan fingerprint density at radius 3 is 2.67 bits per heavy atom. The van der Waals surface area contributed by atoms with Crippen LogP contribution in [-0.2, 0) is 0 Å². The molecular weight excluding hydrogens is 420 g/mol. The molecule has 8 nitrogen and oxygen atoms in total. The topological polar surface area (TPSA) is 127 Å². The van der Waals surface area contributed by atoms with Crippen molar-refractivity contribution in [2.45, 2.75) is 6.10 Å². The number of hydrogen-bond donors (Lipinski definition) is 5. The molecule has 1 aliphatic heterocycles. The number of aromatic nitrogens is 1. The largest absolute Gasteiger partial charge is 0.508 e. The van der Waals surface area contributed by atoms with Gasteiger partial charge in [0.1, 0.15) is 5.75 Å². The van der Waals surface area contributed by atoms with Gasteiger partial charge >= 0.3 is 0 Å². The molecule has 1 aromatic heterocycles. The fraction of sp³-hybridized carbons (Fsp3) is 0.0800.